The lowest BCUT2D eigenvalue weighted by Crippen LogP contribution is -2.45. The highest BCUT2D eigenvalue weighted by atomic mass is 16.6. The molecule has 152 valence electrons. The van der Waals surface area contributed by atoms with E-state index in [9.17, 15) is 9.59 Å². The van der Waals surface area contributed by atoms with Crippen molar-refractivity contribution < 1.29 is 19.1 Å². The summed E-state index contributed by atoms with van der Waals surface area (Å²) in [5, 5.41) is 3.63. The van der Waals surface area contributed by atoms with E-state index in [1.807, 2.05) is 36.5 Å². The SMILES string of the molecule is CC(C)(C)OC(=O)C(Cc1c[nH]c2ccccc12)NC(=O)OCc1ccccn1. The van der Waals surface area contributed by atoms with Crippen molar-refractivity contribution in [3.05, 3.63) is 66.1 Å². The second-order valence-corrected chi connectivity index (χ2v) is 7.69. The number of ether oxygens (including phenoxy) is 2. The largest absolute Gasteiger partial charge is 0.458 e. The minimum atomic E-state index is -0.885. The number of rotatable bonds is 6. The van der Waals surface area contributed by atoms with Crippen molar-refractivity contribution in [2.75, 3.05) is 0 Å². The van der Waals surface area contributed by atoms with E-state index >= 15 is 0 Å². The van der Waals surface area contributed by atoms with Gasteiger partial charge < -0.3 is 19.8 Å². The first-order valence-electron chi connectivity index (χ1n) is 9.43. The number of carbonyl (C=O) groups excluding carboxylic acids is 2. The van der Waals surface area contributed by atoms with Crippen molar-refractivity contribution in [3.8, 4) is 0 Å². The first-order chi connectivity index (χ1) is 13.8. The van der Waals surface area contributed by atoms with Crippen LogP contribution in [0.4, 0.5) is 4.79 Å². The monoisotopic (exact) mass is 395 g/mol. The van der Waals surface area contributed by atoms with Crippen molar-refractivity contribution in [3.63, 3.8) is 0 Å². The lowest BCUT2D eigenvalue weighted by atomic mass is 10.0. The highest BCUT2D eigenvalue weighted by Crippen LogP contribution is 2.20. The summed E-state index contributed by atoms with van der Waals surface area (Å²) in [7, 11) is 0. The first-order valence-corrected chi connectivity index (χ1v) is 9.43. The Bertz CT molecular complexity index is 976. The van der Waals surface area contributed by atoms with E-state index in [2.05, 4.69) is 15.3 Å². The molecule has 3 aromatic rings. The van der Waals surface area contributed by atoms with Crippen LogP contribution in [0.2, 0.25) is 0 Å². The third kappa shape index (κ3) is 5.81. The Morgan fingerprint density at radius 3 is 2.62 bits per heavy atom. The fourth-order valence-corrected chi connectivity index (χ4v) is 2.89. The Kier molecular flexibility index (Phi) is 6.16. The maximum Gasteiger partial charge on any atom is 0.408 e. The Hall–Kier alpha value is -3.35. The van der Waals surface area contributed by atoms with Crippen LogP contribution in [0.25, 0.3) is 10.9 Å². The van der Waals surface area contributed by atoms with Gasteiger partial charge in [-0.25, -0.2) is 9.59 Å². The predicted molar refractivity (Wildman–Crippen MR) is 109 cm³/mol. The lowest BCUT2D eigenvalue weighted by molar-refractivity contribution is -0.157. The molecule has 1 amide bonds. The number of fused-ring (bicyclic) bond motifs is 1. The number of nitrogens with one attached hydrogen (secondary N) is 2. The van der Waals surface area contributed by atoms with Crippen LogP contribution in [-0.2, 0) is 27.3 Å². The van der Waals surface area contributed by atoms with Gasteiger partial charge in [0.1, 0.15) is 18.2 Å². The molecule has 0 aliphatic carbocycles. The highest BCUT2D eigenvalue weighted by Gasteiger charge is 2.28. The van der Waals surface area contributed by atoms with Crippen LogP contribution < -0.4 is 5.32 Å². The van der Waals surface area contributed by atoms with E-state index in [0.717, 1.165) is 16.5 Å². The average molecular weight is 395 g/mol. The van der Waals surface area contributed by atoms with Crippen molar-refractivity contribution in [1.82, 2.24) is 15.3 Å². The second kappa shape index (κ2) is 8.77. The summed E-state index contributed by atoms with van der Waals surface area (Å²) >= 11 is 0. The van der Waals surface area contributed by atoms with Crippen molar-refractivity contribution in [2.24, 2.45) is 0 Å². The van der Waals surface area contributed by atoms with Crippen molar-refractivity contribution in [1.29, 1.82) is 0 Å². The number of aromatic nitrogens is 2. The zero-order chi connectivity index (χ0) is 20.9. The minimum absolute atomic E-state index is 0.0147. The first kappa shape index (κ1) is 20.4. The number of H-pyrrole nitrogens is 1. The Morgan fingerprint density at radius 1 is 1.14 bits per heavy atom. The number of benzene rings is 1. The van der Waals surface area contributed by atoms with Gasteiger partial charge in [0, 0.05) is 29.7 Å². The molecule has 2 heterocycles. The molecule has 29 heavy (non-hydrogen) atoms. The molecule has 0 aliphatic rings. The van der Waals surface area contributed by atoms with Crippen molar-refractivity contribution >= 4 is 23.0 Å². The molecule has 0 saturated heterocycles. The van der Waals surface area contributed by atoms with Crippen LogP contribution >= 0.6 is 0 Å². The number of para-hydroxylation sites is 1. The van der Waals surface area contributed by atoms with E-state index in [1.165, 1.54) is 0 Å². The Labute approximate surface area is 169 Å². The van der Waals surface area contributed by atoms with Gasteiger partial charge >= 0.3 is 12.1 Å². The number of hydrogen-bond acceptors (Lipinski definition) is 5. The fourth-order valence-electron chi connectivity index (χ4n) is 2.89. The molecule has 0 saturated carbocycles. The van der Waals surface area contributed by atoms with Crippen LogP contribution in [0.1, 0.15) is 32.0 Å². The summed E-state index contributed by atoms with van der Waals surface area (Å²) in [5.41, 5.74) is 1.81. The topological polar surface area (TPSA) is 93.3 Å². The summed E-state index contributed by atoms with van der Waals surface area (Å²) in [6, 6.07) is 12.2. The quantitative estimate of drug-likeness (QED) is 0.620. The molecular formula is C22H25N3O4. The summed E-state index contributed by atoms with van der Waals surface area (Å²) in [6.45, 7) is 5.37. The average Bonchev–Trinajstić information content (AvgIpc) is 3.08. The predicted octanol–water partition coefficient (Wildman–Crippen LogP) is 3.74. The van der Waals surface area contributed by atoms with Crippen LogP contribution in [0.15, 0.2) is 54.9 Å². The van der Waals surface area contributed by atoms with Crippen LogP contribution in [-0.4, -0.2) is 33.7 Å². The maximum atomic E-state index is 12.7. The molecule has 1 unspecified atom stereocenters. The molecule has 0 bridgehead atoms. The fraction of sp³-hybridized carbons (Fsp3) is 0.318. The number of hydrogen-bond donors (Lipinski definition) is 2. The number of amides is 1. The summed E-state index contributed by atoms with van der Waals surface area (Å²) in [6.07, 6.45) is 3.03. The van der Waals surface area contributed by atoms with Gasteiger partial charge in [0.25, 0.3) is 0 Å². The van der Waals surface area contributed by atoms with Gasteiger partial charge in [-0.2, -0.15) is 0 Å². The summed E-state index contributed by atoms with van der Waals surface area (Å²) < 4.78 is 10.7. The number of aromatic amines is 1. The molecule has 1 atom stereocenters. The van der Waals surface area contributed by atoms with E-state index < -0.39 is 23.7 Å². The Balaban J connectivity index is 1.72. The molecule has 3 rings (SSSR count). The summed E-state index contributed by atoms with van der Waals surface area (Å²) in [4.78, 5) is 32.3. The van der Waals surface area contributed by atoms with E-state index in [0.29, 0.717) is 5.69 Å². The molecule has 0 fully saturated rings. The molecule has 0 radical (unpaired) electrons. The summed E-state index contributed by atoms with van der Waals surface area (Å²) in [5.74, 6) is -0.516. The zero-order valence-corrected chi connectivity index (χ0v) is 16.8. The molecule has 7 nitrogen and oxygen atoms in total. The minimum Gasteiger partial charge on any atom is -0.458 e. The molecule has 2 N–H and O–H groups in total. The molecule has 0 aliphatic heterocycles. The number of alkyl carbamates (subject to hydrolysis) is 1. The smallest absolute Gasteiger partial charge is 0.408 e. The standard InChI is InChI=1S/C22H25N3O4/c1-22(2,3)29-20(26)19(12-15-13-24-18-10-5-4-9-17(15)18)25-21(27)28-14-16-8-6-7-11-23-16/h4-11,13,19,24H,12,14H2,1-3H3,(H,25,27). The van der Waals surface area contributed by atoms with Gasteiger partial charge in [-0.15, -0.1) is 0 Å². The van der Waals surface area contributed by atoms with Gasteiger partial charge in [-0.1, -0.05) is 24.3 Å². The number of esters is 1. The van der Waals surface area contributed by atoms with Gasteiger partial charge in [0.15, 0.2) is 0 Å². The molecular weight excluding hydrogens is 370 g/mol. The normalized spacial score (nSPS) is 12.4. The van der Waals surface area contributed by atoms with E-state index in [1.54, 1.807) is 39.1 Å². The van der Waals surface area contributed by atoms with Gasteiger partial charge in [0.2, 0.25) is 0 Å². The van der Waals surface area contributed by atoms with Gasteiger partial charge in [-0.05, 0) is 44.5 Å². The number of pyridine rings is 1. The highest BCUT2D eigenvalue weighted by molar-refractivity contribution is 5.86. The Morgan fingerprint density at radius 2 is 1.90 bits per heavy atom. The molecule has 1 aromatic carbocycles. The lowest BCUT2D eigenvalue weighted by Gasteiger charge is -2.24. The zero-order valence-electron chi connectivity index (χ0n) is 16.8. The van der Waals surface area contributed by atoms with E-state index in [-0.39, 0.29) is 13.0 Å². The molecule has 2 aromatic heterocycles. The second-order valence-electron chi connectivity index (χ2n) is 7.69. The molecule has 7 heteroatoms. The molecule has 0 spiro atoms. The van der Waals surface area contributed by atoms with E-state index in [4.69, 9.17) is 9.47 Å². The third-order valence-corrected chi connectivity index (χ3v) is 4.16. The maximum absolute atomic E-state index is 12.7. The number of nitrogens with zero attached hydrogens (tertiary/aromatic N) is 1. The van der Waals surface area contributed by atoms with Crippen LogP contribution in [0.5, 0.6) is 0 Å². The number of carbonyl (C=O) groups is 2. The van der Waals surface area contributed by atoms with Gasteiger partial charge in [0.05, 0.1) is 5.69 Å². The van der Waals surface area contributed by atoms with Crippen LogP contribution in [0.3, 0.4) is 0 Å². The van der Waals surface area contributed by atoms with Gasteiger partial charge in [-0.3, -0.25) is 4.98 Å². The third-order valence-electron chi connectivity index (χ3n) is 4.16. The van der Waals surface area contributed by atoms with Crippen LogP contribution in [0, 0.1) is 0 Å². The van der Waals surface area contributed by atoms with Crippen molar-refractivity contribution in [2.45, 2.75) is 45.4 Å².